The van der Waals surface area contributed by atoms with Crippen LogP contribution in [0.3, 0.4) is 0 Å². The molecular formula is C19H15F3N4O2S2. The van der Waals surface area contributed by atoms with Crippen LogP contribution in [0.4, 0.5) is 18.3 Å². The van der Waals surface area contributed by atoms with Gasteiger partial charge >= 0.3 is 6.18 Å². The lowest BCUT2D eigenvalue weighted by atomic mass is 10.1. The maximum absolute atomic E-state index is 12.8. The first-order valence-corrected chi connectivity index (χ1v) is 10.6. The molecule has 156 valence electrons. The third-order valence-corrected chi connectivity index (χ3v) is 6.09. The van der Waals surface area contributed by atoms with Gasteiger partial charge in [0.25, 0.3) is 5.91 Å². The van der Waals surface area contributed by atoms with Crippen molar-refractivity contribution in [2.24, 2.45) is 10.9 Å². The fraction of sp³-hybridized carbons (Fsp3) is 0.263. The lowest BCUT2D eigenvalue weighted by Crippen LogP contribution is -2.19. The maximum atomic E-state index is 12.8. The Morgan fingerprint density at radius 3 is 2.90 bits per heavy atom. The number of aromatic nitrogens is 1. The maximum Gasteiger partial charge on any atom is 0.416 e. The number of halogens is 3. The quantitative estimate of drug-likeness (QED) is 0.664. The summed E-state index contributed by atoms with van der Waals surface area (Å²) in [6.07, 6.45) is 0.575. The summed E-state index contributed by atoms with van der Waals surface area (Å²) in [6.45, 7) is 0.0116. The van der Waals surface area contributed by atoms with E-state index in [-0.39, 0.29) is 24.3 Å². The van der Waals surface area contributed by atoms with E-state index in [1.165, 1.54) is 17.4 Å². The summed E-state index contributed by atoms with van der Waals surface area (Å²) in [5.74, 6) is -0.317. The fourth-order valence-corrected chi connectivity index (χ4v) is 4.25. The summed E-state index contributed by atoms with van der Waals surface area (Å²) in [7, 11) is 0. The van der Waals surface area contributed by atoms with E-state index in [1.54, 1.807) is 18.3 Å². The first kappa shape index (κ1) is 20.6. The number of rotatable bonds is 5. The van der Waals surface area contributed by atoms with Gasteiger partial charge in [0.15, 0.2) is 10.3 Å². The van der Waals surface area contributed by atoms with E-state index in [1.807, 2.05) is 0 Å². The minimum Gasteiger partial charge on any atom is -0.302 e. The number of carbonyl (C=O) groups is 2. The van der Waals surface area contributed by atoms with E-state index in [0.717, 1.165) is 36.7 Å². The Morgan fingerprint density at radius 1 is 1.37 bits per heavy atom. The number of carbonyl (C=O) groups excluding carboxylic acids is 2. The SMILES string of the molecule is O=C1NC(=NCc2cccc(C(F)(F)F)c2)SC1=Cc1cnc(NC(=O)C2CC2)s1. The fourth-order valence-electron chi connectivity index (χ4n) is 2.60. The second-order valence-electron chi connectivity index (χ2n) is 6.72. The van der Waals surface area contributed by atoms with Crippen molar-refractivity contribution in [1.82, 2.24) is 10.3 Å². The van der Waals surface area contributed by atoms with Gasteiger partial charge in [-0.3, -0.25) is 14.6 Å². The molecule has 0 spiro atoms. The van der Waals surface area contributed by atoms with Crippen LogP contribution in [-0.2, 0) is 22.3 Å². The third kappa shape index (κ3) is 5.08. The van der Waals surface area contributed by atoms with Gasteiger partial charge < -0.3 is 10.6 Å². The van der Waals surface area contributed by atoms with Gasteiger partial charge in [0.2, 0.25) is 5.91 Å². The topological polar surface area (TPSA) is 83.4 Å². The monoisotopic (exact) mass is 452 g/mol. The zero-order valence-corrected chi connectivity index (χ0v) is 17.0. The number of thioether (sulfide) groups is 1. The van der Waals surface area contributed by atoms with E-state index >= 15 is 0 Å². The molecule has 0 unspecified atom stereocenters. The van der Waals surface area contributed by atoms with E-state index in [4.69, 9.17) is 0 Å². The van der Waals surface area contributed by atoms with Crippen molar-refractivity contribution in [2.45, 2.75) is 25.6 Å². The molecule has 2 aliphatic rings. The highest BCUT2D eigenvalue weighted by Crippen LogP contribution is 2.33. The lowest BCUT2D eigenvalue weighted by molar-refractivity contribution is -0.137. The van der Waals surface area contributed by atoms with Gasteiger partial charge in [-0.2, -0.15) is 13.2 Å². The van der Waals surface area contributed by atoms with Gasteiger partial charge in [-0.05, 0) is 48.4 Å². The van der Waals surface area contributed by atoms with Crippen LogP contribution in [0.25, 0.3) is 6.08 Å². The van der Waals surface area contributed by atoms with Gasteiger partial charge in [-0.25, -0.2) is 4.98 Å². The number of nitrogens with zero attached hydrogens (tertiary/aromatic N) is 2. The Hall–Kier alpha value is -2.66. The van der Waals surface area contributed by atoms with Gasteiger partial charge in [0.1, 0.15) is 0 Å². The summed E-state index contributed by atoms with van der Waals surface area (Å²) in [6, 6.07) is 4.91. The van der Waals surface area contributed by atoms with Gasteiger partial charge in [0.05, 0.1) is 21.9 Å². The van der Waals surface area contributed by atoms with Crippen LogP contribution in [0.1, 0.15) is 28.8 Å². The number of anilines is 1. The largest absolute Gasteiger partial charge is 0.416 e. The average Bonchev–Trinajstić information content (AvgIpc) is 3.37. The van der Waals surface area contributed by atoms with Gasteiger partial charge in [0, 0.05) is 12.1 Å². The first-order valence-electron chi connectivity index (χ1n) is 8.96. The number of nitrogens with one attached hydrogen (secondary N) is 2. The predicted octanol–water partition coefficient (Wildman–Crippen LogP) is 4.27. The minimum atomic E-state index is -4.42. The van der Waals surface area contributed by atoms with Crippen molar-refractivity contribution in [1.29, 1.82) is 0 Å². The van der Waals surface area contributed by atoms with Crippen LogP contribution in [-0.4, -0.2) is 22.0 Å². The molecular weight excluding hydrogens is 437 g/mol. The second kappa shape index (κ2) is 8.23. The number of alkyl halides is 3. The number of hydrogen-bond acceptors (Lipinski definition) is 6. The average molecular weight is 452 g/mol. The Balaban J connectivity index is 1.40. The van der Waals surface area contributed by atoms with E-state index < -0.39 is 11.7 Å². The van der Waals surface area contributed by atoms with Gasteiger partial charge in [-0.15, -0.1) is 0 Å². The van der Waals surface area contributed by atoms with Crippen LogP contribution in [0.15, 0.2) is 40.4 Å². The van der Waals surface area contributed by atoms with E-state index in [0.29, 0.717) is 25.6 Å². The highest BCUT2D eigenvalue weighted by molar-refractivity contribution is 8.18. The molecule has 11 heteroatoms. The molecule has 2 aromatic rings. The molecule has 1 aliphatic carbocycles. The van der Waals surface area contributed by atoms with Crippen molar-refractivity contribution < 1.29 is 22.8 Å². The van der Waals surface area contributed by atoms with Crippen LogP contribution in [0, 0.1) is 5.92 Å². The molecule has 1 saturated heterocycles. The van der Waals surface area contributed by atoms with Crippen LogP contribution in [0.5, 0.6) is 0 Å². The number of thiazole rings is 1. The summed E-state index contributed by atoms with van der Waals surface area (Å²) >= 11 is 2.35. The first-order chi connectivity index (χ1) is 14.3. The van der Waals surface area contributed by atoms with E-state index in [2.05, 4.69) is 20.6 Å². The highest BCUT2D eigenvalue weighted by Gasteiger charge is 2.31. The molecule has 4 rings (SSSR count). The van der Waals surface area contributed by atoms with E-state index in [9.17, 15) is 22.8 Å². The number of hydrogen-bond donors (Lipinski definition) is 2. The number of benzene rings is 1. The van der Waals surface area contributed by atoms with Crippen LogP contribution in [0.2, 0.25) is 0 Å². The molecule has 0 radical (unpaired) electrons. The smallest absolute Gasteiger partial charge is 0.302 e. The zero-order valence-electron chi connectivity index (χ0n) is 15.3. The predicted molar refractivity (Wildman–Crippen MR) is 110 cm³/mol. The third-order valence-electron chi connectivity index (χ3n) is 4.29. The molecule has 2 N–H and O–H groups in total. The number of amides is 2. The lowest BCUT2D eigenvalue weighted by Gasteiger charge is -2.07. The Bertz CT molecular complexity index is 1060. The van der Waals surface area contributed by atoms with Crippen molar-refractivity contribution in [3.63, 3.8) is 0 Å². The molecule has 6 nitrogen and oxygen atoms in total. The minimum absolute atomic E-state index is 0.0116. The normalized spacial score (nSPS) is 19.4. The molecule has 1 aliphatic heterocycles. The summed E-state index contributed by atoms with van der Waals surface area (Å²) in [5.41, 5.74) is -0.346. The molecule has 2 fully saturated rings. The molecule has 1 saturated carbocycles. The Labute approximate surface area is 177 Å². The highest BCUT2D eigenvalue weighted by atomic mass is 32.2. The molecule has 2 heterocycles. The van der Waals surface area contributed by atoms with Gasteiger partial charge in [-0.1, -0.05) is 23.5 Å². The zero-order chi connectivity index (χ0) is 21.3. The van der Waals surface area contributed by atoms with Crippen LogP contribution < -0.4 is 10.6 Å². The van der Waals surface area contributed by atoms with Crippen molar-refractivity contribution >= 4 is 51.3 Å². The molecule has 1 aromatic carbocycles. The molecule has 2 amide bonds. The summed E-state index contributed by atoms with van der Waals surface area (Å²) in [5, 5.41) is 6.14. The van der Waals surface area contributed by atoms with Crippen molar-refractivity contribution in [3.05, 3.63) is 51.4 Å². The summed E-state index contributed by atoms with van der Waals surface area (Å²) < 4.78 is 38.4. The molecule has 30 heavy (non-hydrogen) atoms. The number of amidine groups is 1. The molecule has 1 aromatic heterocycles. The Kier molecular flexibility index (Phi) is 5.65. The second-order valence-corrected chi connectivity index (χ2v) is 8.81. The molecule has 0 atom stereocenters. The Morgan fingerprint density at radius 2 is 2.17 bits per heavy atom. The molecule has 0 bridgehead atoms. The summed E-state index contributed by atoms with van der Waals surface area (Å²) in [4.78, 5) is 33.4. The van der Waals surface area contributed by atoms with Crippen LogP contribution >= 0.6 is 23.1 Å². The van der Waals surface area contributed by atoms with Crippen molar-refractivity contribution in [3.8, 4) is 0 Å². The standard InChI is InChI=1S/C19H15F3N4O2S2/c20-19(21,22)12-3-1-2-10(6-12)8-23-18-26-16(28)14(30-18)7-13-9-24-17(29-13)25-15(27)11-4-5-11/h1-3,6-7,9,11H,4-5,8H2,(H,23,26,28)(H,24,25,27). The van der Waals surface area contributed by atoms with Crippen molar-refractivity contribution in [2.75, 3.05) is 5.32 Å². The number of aliphatic imine (C=N–C) groups is 1.